The number of carbonyl (C=O) groups excluding carboxylic acids is 5. The van der Waals surface area contributed by atoms with Crippen molar-refractivity contribution in [1.82, 2.24) is 9.80 Å². The van der Waals surface area contributed by atoms with Crippen LogP contribution >= 0.6 is 0 Å². The lowest BCUT2D eigenvalue weighted by molar-refractivity contribution is -0.165. The number of urea groups is 1. The summed E-state index contributed by atoms with van der Waals surface area (Å²) >= 11 is 0. The molecule has 2 rings (SSSR count). The van der Waals surface area contributed by atoms with Crippen LogP contribution in [0.1, 0.15) is 25.3 Å². The van der Waals surface area contributed by atoms with E-state index < -0.39 is 47.5 Å². The average molecular weight is 434 g/mol. The Kier molecular flexibility index (Phi) is 7.73. The van der Waals surface area contributed by atoms with Gasteiger partial charge < -0.3 is 14.2 Å². The van der Waals surface area contributed by atoms with Crippen LogP contribution in [0.3, 0.4) is 0 Å². The van der Waals surface area contributed by atoms with Crippen molar-refractivity contribution >= 4 is 29.8 Å². The van der Waals surface area contributed by atoms with E-state index >= 15 is 0 Å². The van der Waals surface area contributed by atoms with E-state index in [9.17, 15) is 24.0 Å². The molecule has 1 aliphatic heterocycles. The van der Waals surface area contributed by atoms with E-state index in [1.807, 2.05) is 0 Å². The molecule has 0 N–H and O–H groups in total. The van der Waals surface area contributed by atoms with Crippen LogP contribution in [0.25, 0.3) is 0 Å². The van der Waals surface area contributed by atoms with Crippen LogP contribution in [0.5, 0.6) is 5.75 Å². The predicted molar refractivity (Wildman–Crippen MR) is 107 cm³/mol. The van der Waals surface area contributed by atoms with Crippen molar-refractivity contribution in [2.75, 3.05) is 34.4 Å². The Labute approximate surface area is 180 Å². The number of benzene rings is 1. The number of imide groups is 2. The lowest BCUT2D eigenvalue weighted by atomic mass is 9.74. The summed E-state index contributed by atoms with van der Waals surface area (Å²) in [7, 11) is 3.93. The molecule has 0 bridgehead atoms. The smallest absolute Gasteiger partial charge is 0.332 e. The van der Waals surface area contributed by atoms with Crippen LogP contribution in [0.4, 0.5) is 4.79 Å². The number of carbonyl (C=O) groups is 5. The quantitative estimate of drug-likeness (QED) is 0.442. The van der Waals surface area contributed by atoms with Crippen molar-refractivity contribution in [2.24, 2.45) is 11.8 Å². The maximum absolute atomic E-state index is 13.0. The predicted octanol–water partition coefficient (Wildman–Crippen LogP) is 1.19. The lowest BCUT2D eigenvalue weighted by Gasteiger charge is -2.38. The fourth-order valence-electron chi connectivity index (χ4n) is 3.50. The summed E-state index contributed by atoms with van der Waals surface area (Å²) < 4.78 is 15.3. The summed E-state index contributed by atoms with van der Waals surface area (Å²) in [5.74, 6) is -7.38. The number of barbiturate groups is 1. The fraction of sp³-hybridized carbons (Fsp3) is 0.476. The van der Waals surface area contributed by atoms with E-state index in [0.29, 0.717) is 11.3 Å². The summed E-state index contributed by atoms with van der Waals surface area (Å²) in [6.45, 7) is 3.10. The number of hydrogen-bond acceptors (Lipinski definition) is 8. The highest BCUT2D eigenvalue weighted by molar-refractivity contribution is 6.17. The van der Waals surface area contributed by atoms with Crippen molar-refractivity contribution in [3.8, 4) is 5.75 Å². The number of amides is 4. The molecule has 1 atom stereocenters. The third-order valence-corrected chi connectivity index (χ3v) is 5.07. The molecule has 4 amide bonds. The molecule has 31 heavy (non-hydrogen) atoms. The van der Waals surface area contributed by atoms with Crippen LogP contribution in [-0.2, 0) is 28.7 Å². The van der Waals surface area contributed by atoms with Gasteiger partial charge >= 0.3 is 18.0 Å². The zero-order valence-electron chi connectivity index (χ0n) is 18.1. The van der Waals surface area contributed by atoms with Gasteiger partial charge in [-0.3, -0.25) is 29.0 Å². The van der Waals surface area contributed by atoms with Crippen LogP contribution in [0.2, 0.25) is 0 Å². The first-order valence-corrected chi connectivity index (χ1v) is 9.75. The molecule has 0 saturated carbocycles. The molecule has 1 fully saturated rings. The van der Waals surface area contributed by atoms with Gasteiger partial charge in [-0.15, -0.1) is 0 Å². The minimum atomic E-state index is -1.60. The molecule has 10 heteroatoms. The molecular formula is C21H26N2O8. The van der Waals surface area contributed by atoms with E-state index in [-0.39, 0.29) is 13.2 Å². The average Bonchev–Trinajstić information content (AvgIpc) is 2.76. The molecule has 1 saturated heterocycles. The Morgan fingerprint density at radius 3 is 1.74 bits per heavy atom. The van der Waals surface area contributed by atoms with Crippen LogP contribution in [0.15, 0.2) is 24.3 Å². The second-order valence-corrected chi connectivity index (χ2v) is 6.84. The maximum atomic E-state index is 13.0. The van der Waals surface area contributed by atoms with Gasteiger partial charge in [0.2, 0.25) is 11.8 Å². The molecule has 1 aromatic rings. The summed E-state index contributed by atoms with van der Waals surface area (Å²) in [6, 6.07) is 5.44. The largest absolute Gasteiger partial charge is 0.497 e. The minimum absolute atomic E-state index is 0.0189. The van der Waals surface area contributed by atoms with E-state index in [0.717, 1.165) is 9.80 Å². The van der Waals surface area contributed by atoms with E-state index in [1.54, 1.807) is 38.1 Å². The van der Waals surface area contributed by atoms with Crippen molar-refractivity contribution in [2.45, 2.75) is 19.8 Å². The second-order valence-electron chi connectivity index (χ2n) is 6.84. The van der Waals surface area contributed by atoms with Crippen LogP contribution in [0, 0.1) is 11.8 Å². The van der Waals surface area contributed by atoms with Gasteiger partial charge in [-0.2, -0.15) is 0 Å². The summed E-state index contributed by atoms with van der Waals surface area (Å²) in [5.41, 5.74) is 0.342. The topological polar surface area (TPSA) is 120 Å². The van der Waals surface area contributed by atoms with E-state index in [4.69, 9.17) is 14.2 Å². The highest BCUT2D eigenvalue weighted by Crippen LogP contribution is 2.38. The lowest BCUT2D eigenvalue weighted by Crippen LogP contribution is -2.59. The van der Waals surface area contributed by atoms with Crippen molar-refractivity contribution in [3.05, 3.63) is 29.8 Å². The number of nitrogens with zero attached hydrogens (tertiary/aromatic N) is 2. The molecule has 10 nitrogen and oxygen atoms in total. The van der Waals surface area contributed by atoms with Gasteiger partial charge in [0, 0.05) is 20.0 Å². The number of hydrogen-bond donors (Lipinski definition) is 0. The van der Waals surface area contributed by atoms with Gasteiger partial charge in [0.05, 0.1) is 20.3 Å². The molecule has 1 unspecified atom stereocenters. The standard InChI is InChI=1S/C21H26N2O8/c1-6-30-19(26)16(20(27)31-7-2)14(12-8-10-13(29-5)11-9-12)15-17(24)22(3)21(28)23(4)18(15)25/h8-11,14-16H,6-7H2,1-5H3. The molecular weight excluding hydrogens is 408 g/mol. The van der Waals surface area contributed by atoms with Crippen LogP contribution < -0.4 is 4.74 Å². The number of rotatable bonds is 8. The molecule has 0 spiro atoms. The molecule has 1 aliphatic rings. The summed E-state index contributed by atoms with van der Waals surface area (Å²) in [6.07, 6.45) is 0. The first kappa shape index (κ1) is 23.8. The summed E-state index contributed by atoms with van der Waals surface area (Å²) in [4.78, 5) is 65.4. The minimum Gasteiger partial charge on any atom is -0.497 e. The van der Waals surface area contributed by atoms with Crippen molar-refractivity contribution in [1.29, 1.82) is 0 Å². The maximum Gasteiger partial charge on any atom is 0.332 e. The highest BCUT2D eigenvalue weighted by Gasteiger charge is 2.53. The van der Waals surface area contributed by atoms with E-state index in [2.05, 4.69) is 0 Å². The van der Waals surface area contributed by atoms with Gasteiger partial charge in [0.1, 0.15) is 11.7 Å². The zero-order valence-corrected chi connectivity index (χ0v) is 18.1. The van der Waals surface area contributed by atoms with Crippen molar-refractivity contribution in [3.63, 3.8) is 0 Å². The monoisotopic (exact) mass is 434 g/mol. The van der Waals surface area contributed by atoms with Gasteiger partial charge in [0.25, 0.3) is 0 Å². The molecule has 0 aliphatic carbocycles. The Hall–Kier alpha value is -3.43. The number of ether oxygens (including phenoxy) is 3. The summed E-state index contributed by atoms with van der Waals surface area (Å²) in [5, 5.41) is 0. The Morgan fingerprint density at radius 1 is 0.903 bits per heavy atom. The Bertz CT molecular complexity index is 825. The Morgan fingerprint density at radius 2 is 1.35 bits per heavy atom. The first-order chi connectivity index (χ1) is 14.7. The molecule has 168 valence electrons. The third-order valence-electron chi connectivity index (χ3n) is 5.07. The van der Waals surface area contributed by atoms with Gasteiger partial charge in [-0.05, 0) is 31.5 Å². The molecule has 0 aromatic heterocycles. The molecule has 1 heterocycles. The fourth-order valence-corrected chi connectivity index (χ4v) is 3.50. The number of esters is 2. The highest BCUT2D eigenvalue weighted by atomic mass is 16.6. The van der Waals surface area contributed by atoms with Gasteiger partial charge in [-0.1, -0.05) is 12.1 Å². The van der Waals surface area contributed by atoms with Gasteiger partial charge in [0.15, 0.2) is 5.92 Å². The van der Waals surface area contributed by atoms with Crippen molar-refractivity contribution < 1.29 is 38.2 Å². The number of methoxy groups -OCH3 is 1. The zero-order chi connectivity index (χ0) is 23.3. The Balaban J connectivity index is 2.69. The third kappa shape index (κ3) is 4.68. The van der Waals surface area contributed by atoms with E-state index in [1.165, 1.54) is 21.2 Å². The normalized spacial score (nSPS) is 15.9. The SMILES string of the molecule is CCOC(=O)C(C(=O)OCC)C(c1ccc(OC)cc1)C1C(=O)N(C)C(=O)N(C)C1=O. The second kappa shape index (κ2) is 10.1. The first-order valence-electron chi connectivity index (χ1n) is 9.75. The molecule has 1 aromatic carbocycles. The molecule has 0 radical (unpaired) electrons. The van der Waals surface area contributed by atoms with Gasteiger partial charge in [-0.25, -0.2) is 4.79 Å². The van der Waals surface area contributed by atoms with Crippen LogP contribution in [-0.4, -0.2) is 74.0 Å².